The van der Waals surface area contributed by atoms with Crippen LogP contribution in [0.5, 0.6) is 0 Å². The molecule has 0 aromatic heterocycles. The molecule has 0 aliphatic carbocycles. The predicted octanol–water partition coefficient (Wildman–Crippen LogP) is 2.06. The van der Waals surface area contributed by atoms with Gasteiger partial charge in [-0.2, -0.15) is 8.61 Å². The summed E-state index contributed by atoms with van der Waals surface area (Å²) < 4.78 is 54.7. The molecule has 3 aromatic rings. The van der Waals surface area contributed by atoms with E-state index < -0.39 is 31.9 Å². The summed E-state index contributed by atoms with van der Waals surface area (Å²) in [7, 11) is -3.31. The molecular formula is C30H36N6O6S2. The van der Waals surface area contributed by atoms with Crippen molar-refractivity contribution in [2.75, 3.05) is 77.1 Å². The molecule has 0 radical (unpaired) electrons. The van der Waals surface area contributed by atoms with Crippen LogP contribution in [0.25, 0.3) is 0 Å². The molecule has 2 N–H and O–H groups in total. The number of piperazine rings is 2. The van der Waals surface area contributed by atoms with Crippen LogP contribution in [0.15, 0.2) is 82.6 Å². The van der Waals surface area contributed by atoms with Gasteiger partial charge in [0, 0.05) is 74.9 Å². The van der Waals surface area contributed by atoms with Gasteiger partial charge in [0.15, 0.2) is 0 Å². The highest BCUT2D eigenvalue weighted by molar-refractivity contribution is 7.89. The van der Waals surface area contributed by atoms with Crippen LogP contribution in [0.3, 0.4) is 0 Å². The lowest BCUT2D eigenvalue weighted by Crippen LogP contribution is -2.46. The van der Waals surface area contributed by atoms with Gasteiger partial charge in [0.2, 0.25) is 20.0 Å². The van der Waals surface area contributed by atoms with E-state index in [1.165, 1.54) is 57.1 Å². The van der Waals surface area contributed by atoms with Crippen LogP contribution >= 0.6 is 0 Å². The van der Waals surface area contributed by atoms with E-state index in [2.05, 4.69) is 20.4 Å². The molecule has 14 heteroatoms. The highest BCUT2D eigenvalue weighted by atomic mass is 32.2. The van der Waals surface area contributed by atoms with Gasteiger partial charge >= 0.3 is 0 Å². The van der Waals surface area contributed by atoms with Crippen LogP contribution in [0.4, 0.5) is 11.4 Å². The molecule has 0 unspecified atom stereocenters. The number of likely N-dealkylation sites (N-methyl/N-ethyl adjacent to an activating group) is 2. The number of hydrogen-bond acceptors (Lipinski definition) is 8. The van der Waals surface area contributed by atoms with Crippen molar-refractivity contribution in [3.8, 4) is 0 Å². The number of nitrogens with zero attached hydrogens (tertiary/aromatic N) is 4. The zero-order chi connectivity index (χ0) is 31.5. The molecule has 2 heterocycles. The fraction of sp³-hybridized carbons (Fsp3) is 0.333. The number of anilines is 2. The monoisotopic (exact) mass is 640 g/mol. The molecule has 2 fully saturated rings. The Morgan fingerprint density at radius 1 is 0.500 bits per heavy atom. The van der Waals surface area contributed by atoms with Crippen LogP contribution in [0.2, 0.25) is 0 Å². The lowest BCUT2D eigenvalue weighted by Gasteiger charge is -2.31. The van der Waals surface area contributed by atoms with E-state index in [4.69, 9.17) is 0 Å². The Morgan fingerprint density at radius 3 is 1.09 bits per heavy atom. The first-order chi connectivity index (χ1) is 20.9. The smallest absolute Gasteiger partial charge is 0.255 e. The van der Waals surface area contributed by atoms with E-state index in [0.29, 0.717) is 74.9 Å². The number of benzene rings is 3. The number of amides is 2. The molecule has 0 bridgehead atoms. The van der Waals surface area contributed by atoms with E-state index in [1.54, 1.807) is 24.3 Å². The lowest BCUT2D eigenvalue weighted by molar-refractivity contribution is 0.101. The molecule has 234 valence electrons. The Labute approximate surface area is 258 Å². The summed E-state index contributed by atoms with van der Waals surface area (Å²) in [5, 5.41) is 5.49. The quantitative estimate of drug-likeness (QED) is 0.382. The van der Waals surface area contributed by atoms with E-state index in [1.807, 2.05) is 14.1 Å². The maximum atomic E-state index is 12.9. The number of nitrogens with one attached hydrogen (secondary N) is 2. The van der Waals surface area contributed by atoms with Crippen molar-refractivity contribution >= 4 is 43.2 Å². The topological polar surface area (TPSA) is 139 Å². The Kier molecular flexibility index (Phi) is 9.48. The molecule has 3 aromatic carbocycles. The van der Waals surface area contributed by atoms with Gasteiger partial charge < -0.3 is 20.4 Å². The summed E-state index contributed by atoms with van der Waals surface area (Å²) in [6.45, 7) is 4.40. The molecule has 0 saturated carbocycles. The molecular weight excluding hydrogens is 605 g/mol. The van der Waals surface area contributed by atoms with Gasteiger partial charge in [-0.3, -0.25) is 9.59 Å². The average Bonchev–Trinajstić information content (AvgIpc) is 3.02. The fourth-order valence-electron chi connectivity index (χ4n) is 4.96. The summed E-state index contributed by atoms with van der Waals surface area (Å²) >= 11 is 0. The number of rotatable bonds is 8. The molecule has 0 spiro atoms. The van der Waals surface area contributed by atoms with Crippen LogP contribution in [-0.2, 0) is 20.0 Å². The summed E-state index contributed by atoms with van der Waals surface area (Å²) in [6.07, 6.45) is 0. The Hall–Kier alpha value is -3.66. The molecule has 5 rings (SSSR count). The van der Waals surface area contributed by atoms with Crippen molar-refractivity contribution in [1.29, 1.82) is 0 Å². The van der Waals surface area contributed by atoms with Crippen molar-refractivity contribution in [2.24, 2.45) is 0 Å². The van der Waals surface area contributed by atoms with Crippen molar-refractivity contribution in [2.45, 2.75) is 9.79 Å². The first-order valence-corrected chi connectivity index (χ1v) is 17.1. The number of carbonyl (C=O) groups is 2. The third kappa shape index (κ3) is 7.17. The van der Waals surface area contributed by atoms with Crippen LogP contribution in [0.1, 0.15) is 20.7 Å². The first-order valence-electron chi connectivity index (χ1n) is 14.2. The van der Waals surface area contributed by atoms with Crippen LogP contribution in [-0.4, -0.2) is 114 Å². The highest BCUT2D eigenvalue weighted by Crippen LogP contribution is 2.22. The summed E-state index contributed by atoms with van der Waals surface area (Å²) in [4.78, 5) is 30.1. The van der Waals surface area contributed by atoms with Crippen molar-refractivity contribution < 1.29 is 26.4 Å². The minimum atomic E-state index is -3.61. The van der Waals surface area contributed by atoms with Crippen molar-refractivity contribution in [3.63, 3.8) is 0 Å². The maximum Gasteiger partial charge on any atom is 0.255 e. The Balaban J connectivity index is 1.16. The minimum Gasteiger partial charge on any atom is -0.322 e. The Morgan fingerprint density at radius 2 is 0.795 bits per heavy atom. The summed E-state index contributed by atoms with van der Waals surface area (Å²) in [5.41, 5.74) is 1.50. The number of carbonyl (C=O) groups excluding carboxylic acids is 2. The van der Waals surface area contributed by atoms with Gasteiger partial charge in [-0.15, -0.1) is 0 Å². The van der Waals surface area contributed by atoms with Gasteiger partial charge in [0.25, 0.3) is 11.8 Å². The van der Waals surface area contributed by atoms with E-state index in [0.717, 1.165) is 0 Å². The third-order valence-electron chi connectivity index (χ3n) is 7.83. The largest absolute Gasteiger partial charge is 0.322 e. The lowest BCUT2D eigenvalue weighted by atomic mass is 10.1. The highest BCUT2D eigenvalue weighted by Gasteiger charge is 2.28. The average molecular weight is 641 g/mol. The zero-order valence-corrected chi connectivity index (χ0v) is 26.3. The van der Waals surface area contributed by atoms with Gasteiger partial charge in [0.1, 0.15) is 0 Å². The maximum absolute atomic E-state index is 12.9. The minimum absolute atomic E-state index is 0.168. The van der Waals surface area contributed by atoms with E-state index in [9.17, 15) is 26.4 Å². The van der Waals surface area contributed by atoms with Gasteiger partial charge in [0.05, 0.1) is 9.79 Å². The summed E-state index contributed by atoms with van der Waals surface area (Å²) in [5.74, 6) is -0.826. The molecule has 2 saturated heterocycles. The predicted molar refractivity (Wildman–Crippen MR) is 168 cm³/mol. The molecule has 0 atom stereocenters. The first kappa shape index (κ1) is 31.8. The summed E-state index contributed by atoms with van der Waals surface area (Å²) in [6, 6.07) is 18.2. The van der Waals surface area contributed by atoms with E-state index in [-0.39, 0.29) is 9.79 Å². The number of sulfonamides is 2. The standard InChI is InChI=1S/C30H36N6O6S2/c1-33-15-19-35(20-16-33)43(39,40)27-11-7-25(8-12-27)31-29(37)23-3-5-24(6-4-23)30(38)32-26-9-13-28(14-10-26)44(41,42)36-21-17-34(2)18-22-36/h3-14H,15-22H2,1-2H3,(H,31,37)(H,32,38). The normalized spacial score (nSPS) is 17.7. The molecule has 2 aliphatic heterocycles. The van der Waals surface area contributed by atoms with E-state index >= 15 is 0 Å². The fourth-order valence-corrected chi connectivity index (χ4v) is 7.80. The van der Waals surface area contributed by atoms with Crippen LogP contribution in [0, 0.1) is 0 Å². The third-order valence-corrected chi connectivity index (χ3v) is 11.7. The second-order valence-electron chi connectivity index (χ2n) is 10.9. The van der Waals surface area contributed by atoms with Gasteiger partial charge in [-0.25, -0.2) is 16.8 Å². The second kappa shape index (κ2) is 13.1. The van der Waals surface area contributed by atoms with Crippen molar-refractivity contribution in [3.05, 3.63) is 83.9 Å². The number of hydrogen-bond donors (Lipinski definition) is 2. The second-order valence-corrected chi connectivity index (χ2v) is 14.8. The SMILES string of the molecule is CN1CCN(S(=O)(=O)c2ccc(NC(=O)c3ccc(C(=O)Nc4ccc(S(=O)(=O)N5CCN(C)CC5)cc4)cc3)cc2)CC1. The molecule has 2 amide bonds. The van der Waals surface area contributed by atoms with Crippen LogP contribution < -0.4 is 10.6 Å². The molecule has 2 aliphatic rings. The zero-order valence-electron chi connectivity index (χ0n) is 24.6. The van der Waals surface area contributed by atoms with Gasteiger partial charge in [-0.1, -0.05) is 0 Å². The Bertz CT molecular complexity index is 1570. The molecule has 12 nitrogen and oxygen atoms in total. The van der Waals surface area contributed by atoms with Crippen molar-refractivity contribution in [1.82, 2.24) is 18.4 Å². The van der Waals surface area contributed by atoms with Gasteiger partial charge in [-0.05, 0) is 86.9 Å². The molecule has 44 heavy (non-hydrogen) atoms.